The predicted molar refractivity (Wildman–Crippen MR) is 90.9 cm³/mol. The number of ether oxygens (including phenoxy) is 2. The molecule has 0 unspecified atom stereocenters. The van der Waals surface area contributed by atoms with Gasteiger partial charge in [-0.3, -0.25) is 0 Å². The maximum atomic E-state index is 13.3. The molecule has 3 rings (SSSR count). The van der Waals surface area contributed by atoms with Crippen molar-refractivity contribution >= 4 is 0 Å². The summed E-state index contributed by atoms with van der Waals surface area (Å²) in [6.07, 6.45) is 0.871. The van der Waals surface area contributed by atoms with Crippen LogP contribution in [0.5, 0.6) is 11.5 Å². The Hall–Kier alpha value is -2.03. The minimum absolute atomic E-state index is 0.235. The molecule has 1 aliphatic rings. The van der Waals surface area contributed by atoms with E-state index >= 15 is 0 Å². The average molecular weight is 314 g/mol. The lowest BCUT2D eigenvalue weighted by Crippen LogP contribution is -2.24. The molecule has 0 amide bonds. The van der Waals surface area contributed by atoms with Gasteiger partial charge in [0.05, 0.1) is 7.11 Å². The highest BCUT2D eigenvalue weighted by molar-refractivity contribution is 5.77. The van der Waals surface area contributed by atoms with Crippen LogP contribution in [-0.4, -0.2) is 12.7 Å². The lowest BCUT2D eigenvalue weighted by Gasteiger charge is -2.19. The standard InChI is InChI=1S/C20H23FO2/c1-12(2)15-10-16(13-6-8-14(21)9-7-13)18(22-5)19-17(15)11-20(3,4)23-19/h6-10,12H,11H2,1-5H3. The van der Waals surface area contributed by atoms with E-state index in [-0.39, 0.29) is 11.4 Å². The molecule has 0 bridgehead atoms. The van der Waals surface area contributed by atoms with Crippen molar-refractivity contribution in [3.63, 3.8) is 0 Å². The molecule has 0 radical (unpaired) electrons. The molecule has 0 spiro atoms. The van der Waals surface area contributed by atoms with Crippen LogP contribution in [0, 0.1) is 5.82 Å². The number of fused-ring (bicyclic) bond motifs is 1. The van der Waals surface area contributed by atoms with Gasteiger partial charge in [0.15, 0.2) is 11.5 Å². The van der Waals surface area contributed by atoms with E-state index in [1.54, 1.807) is 19.2 Å². The molecule has 1 heterocycles. The van der Waals surface area contributed by atoms with E-state index in [1.165, 1.54) is 23.3 Å². The molecule has 0 saturated heterocycles. The summed E-state index contributed by atoms with van der Waals surface area (Å²) >= 11 is 0. The summed E-state index contributed by atoms with van der Waals surface area (Å²) < 4.78 is 25.1. The minimum Gasteiger partial charge on any atom is -0.492 e. The summed E-state index contributed by atoms with van der Waals surface area (Å²) in [5, 5.41) is 0. The summed E-state index contributed by atoms with van der Waals surface area (Å²) in [7, 11) is 1.66. The maximum absolute atomic E-state index is 13.3. The first-order valence-corrected chi connectivity index (χ1v) is 8.01. The van der Waals surface area contributed by atoms with Crippen LogP contribution >= 0.6 is 0 Å². The molecule has 2 aromatic rings. The smallest absolute Gasteiger partial charge is 0.168 e. The summed E-state index contributed by atoms with van der Waals surface area (Å²) in [5.74, 6) is 1.71. The van der Waals surface area contributed by atoms with Crippen LogP contribution in [0.25, 0.3) is 11.1 Å². The second kappa shape index (κ2) is 5.55. The monoisotopic (exact) mass is 314 g/mol. The normalized spacial score (nSPS) is 15.4. The number of hydrogen-bond acceptors (Lipinski definition) is 2. The number of halogens is 1. The molecular formula is C20H23FO2. The van der Waals surface area contributed by atoms with Crippen LogP contribution in [0.3, 0.4) is 0 Å². The summed E-state index contributed by atoms with van der Waals surface area (Å²) in [6, 6.07) is 8.68. The van der Waals surface area contributed by atoms with Gasteiger partial charge in [-0.1, -0.05) is 26.0 Å². The van der Waals surface area contributed by atoms with E-state index in [0.29, 0.717) is 5.92 Å². The van der Waals surface area contributed by atoms with Gasteiger partial charge in [0.2, 0.25) is 0 Å². The molecule has 0 saturated carbocycles. The highest BCUT2D eigenvalue weighted by Crippen LogP contribution is 2.50. The molecule has 0 aliphatic carbocycles. The Kier molecular flexibility index (Phi) is 3.83. The van der Waals surface area contributed by atoms with Crippen LogP contribution in [0.4, 0.5) is 4.39 Å². The molecule has 23 heavy (non-hydrogen) atoms. The molecule has 2 aromatic carbocycles. The molecule has 0 aromatic heterocycles. The van der Waals surface area contributed by atoms with E-state index in [4.69, 9.17) is 9.47 Å². The third kappa shape index (κ3) is 2.80. The second-order valence-corrected chi connectivity index (χ2v) is 7.05. The van der Waals surface area contributed by atoms with Crippen LogP contribution in [-0.2, 0) is 6.42 Å². The second-order valence-electron chi connectivity index (χ2n) is 7.05. The van der Waals surface area contributed by atoms with Crippen LogP contribution in [0.2, 0.25) is 0 Å². The minimum atomic E-state index is -0.240. The number of rotatable bonds is 3. The van der Waals surface area contributed by atoms with Crippen molar-refractivity contribution < 1.29 is 13.9 Å². The number of methoxy groups -OCH3 is 1. The molecular weight excluding hydrogens is 291 g/mol. The van der Waals surface area contributed by atoms with Crippen molar-refractivity contribution in [1.82, 2.24) is 0 Å². The van der Waals surface area contributed by atoms with Crippen molar-refractivity contribution in [2.75, 3.05) is 7.11 Å². The highest BCUT2D eigenvalue weighted by Gasteiger charge is 2.36. The van der Waals surface area contributed by atoms with Gasteiger partial charge in [0, 0.05) is 17.5 Å². The molecule has 0 N–H and O–H groups in total. The fourth-order valence-corrected chi connectivity index (χ4v) is 3.29. The van der Waals surface area contributed by atoms with E-state index in [2.05, 4.69) is 33.8 Å². The van der Waals surface area contributed by atoms with E-state index in [9.17, 15) is 4.39 Å². The Morgan fingerprint density at radius 3 is 2.39 bits per heavy atom. The van der Waals surface area contributed by atoms with Crippen LogP contribution < -0.4 is 9.47 Å². The van der Waals surface area contributed by atoms with E-state index in [1.807, 2.05) is 0 Å². The average Bonchev–Trinajstić information content (AvgIpc) is 2.80. The van der Waals surface area contributed by atoms with Crippen molar-refractivity contribution in [1.29, 1.82) is 0 Å². The first-order valence-electron chi connectivity index (χ1n) is 8.01. The van der Waals surface area contributed by atoms with Gasteiger partial charge < -0.3 is 9.47 Å². The van der Waals surface area contributed by atoms with Crippen molar-refractivity contribution in [3.8, 4) is 22.6 Å². The zero-order valence-corrected chi connectivity index (χ0v) is 14.4. The predicted octanol–water partition coefficient (Wildman–Crippen LogP) is 5.34. The molecule has 122 valence electrons. The third-order valence-corrected chi connectivity index (χ3v) is 4.34. The highest BCUT2D eigenvalue weighted by atomic mass is 19.1. The van der Waals surface area contributed by atoms with Crippen molar-refractivity contribution in [3.05, 3.63) is 47.3 Å². The zero-order valence-electron chi connectivity index (χ0n) is 14.4. The van der Waals surface area contributed by atoms with Crippen molar-refractivity contribution in [2.45, 2.75) is 45.6 Å². The largest absolute Gasteiger partial charge is 0.492 e. The zero-order chi connectivity index (χ0) is 16.8. The topological polar surface area (TPSA) is 18.5 Å². The Morgan fingerprint density at radius 1 is 1.17 bits per heavy atom. The Bertz CT molecular complexity index is 730. The van der Waals surface area contributed by atoms with Gasteiger partial charge >= 0.3 is 0 Å². The lowest BCUT2D eigenvalue weighted by molar-refractivity contribution is 0.134. The lowest BCUT2D eigenvalue weighted by atomic mass is 9.88. The fourth-order valence-electron chi connectivity index (χ4n) is 3.29. The van der Waals surface area contributed by atoms with Crippen molar-refractivity contribution in [2.24, 2.45) is 0 Å². The quantitative estimate of drug-likeness (QED) is 0.761. The fraction of sp³-hybridized carbons (Fsp3) is 0.400. The SMILES string of the molecule is COc1c(-c2ccc(F)cc2)cc(C(C)C)c2c1OC(C)(C)C2. The Labute approximate surface area is 137 Å². The van der Waals surface area contributed by atoms with E-state index in [0.717, 1.165) is 29.0 Å². The van der Waals surface area contributed by atoms with Gasteiger partial charge in [0.1, 0.15) is 11.4 Å². The molecule has 0 atom stereocenters. The number of benzene rings is 2. The van der Waals surface area contributed by atoms with Crippen LogP contribution in [0.1, 0.15) is 44.7 Å². The maximum Gasteiger partial charge on any atom is 0.168 e. The van der Waals surface area contributed by atoms with Gasteiger partial charge in [-0.15, -0.1) is 0 Å². The first kappa shape index (κ1) is 15.9. The summed E-state index contributed by atoms with van der Waals surface area (Å²) in [6.45, 7) is 8.55. The van der Waals surface area contributed by atoms with Gasteiger partial charge in [-0.25, -0.2) is 4.39 Å². The molecule has 2 nitrogen and oxygen atoms in total. The number of hydrogen-bond donors (Lipinski definition) is 0. The van der Waals surface area contributed by atoms with Gasteiger partial charge in [-0.05, 0) is 49.1 Å². The van der Waals surface area contributed by atoms with Crippen LogP contribution in [0.15, 0.2) is 30.3 Å². The third-order valence-electron chi connectivity index (χ3n) is 4.34. The first-order chi connectivity index (χ1) is 10.8. The molecule has 3 heteroatoms. The van der Waals surface area contributed by atoms with E-state index < -0.39 is 0 Å². The molecule has 0 fully saturated rings. The summed E-state index contributed by atoms with van der Waals surface area (Å²) in [4.78, 5) is 0. The summed E-state index contributed by atoms with van der Waals surface area (Å²) in [5.41, 5.74) is 4.15. The molecule has 1 aliphatic heterocycles. The van der Waals surface area contributed by atoms with Gasteiger partial charge in [-0.2, -0.15) is 0 Å². The Balaban J connectivity index is 2.25. The Morgan fingerprint density at radius 2 is 1.83 bits per heavy atom. The van der Waals surface area contributed by atoms with Gasteiger partial charge in [0.25, 0.3) is 0 Å².